The number of nitrogens with zero attached hydrogens (tertiary/aromatic N) is 1. The van der Waals surface area contributed by atoms with Crippen molar-refractivity contribution in [2.75, 3.05) is 6.61 Å². The van der Waals surface area contributed by atoms with Gasteiger partial charge in [-0.25, -0.2) is 4.79 Å². The summed E-state index contributed by atoms with van der Waals surface area (Å²) in [5, 5.41) is 2.43. The number of pyridine rings is 1. The molecule has 1 N–H and O–H groups in total. The van der Waals surface area contributed by atoms with E-state index in [4.69, 9.17) is 4.74 Å². The summed E-state index contributed by atoms with van der Waals surface area (Å²) in [6.07, 6.45) is -3.15. The molecule has 1 rings (SSSR count). The van der Waals surface area contributed by atoms with Gasteiger partial charge < -0.3 is 14.6 Å². The maximum Gasteiger partial charge on any atom is 0.421 e. The van der Waals surface area contributed by atoms with Gasteiger partial charge in [0.1, 0.15) is 18.2 Å². The van der Waals surface area contributed by atoms with E-state index in [0.29, 0.717) is 17.1 Å². The Bertz CT molecular complexity index is 670. The first-order valence-corrected chi connectivity index (χ1v) is 7.84. The molecule has 0 unspecified atom stereocenters. The van der Waals surface area contributed by atoms with Crippen molar-refractivity contribution in [2.24, 2.45) is 5.92 Å². The Hall–Kier alpha value is -2.32. The van der Waals surface area contributed by atoms with Crippen LogP contribution in [0.2, 0.25) is 0 Å². The Balaban J connectivity index is 2.95. The molecule has 0 fully saturated rings. The highest BCUT2D eigenvalue weighted by atomic mass is 19.4. The smallest absolute Gasteiger partial charge is 0.421 e. The van der Waals surface area contributed by atoms with Crippen molar-refractivity contribution in [3.05, 3.63) is 34.2 Å². The van der Waals surface area contributed by atoms with Gasteiger partial charge in [-0.2, -0.15) is 13.2 Å². The molecular weight excluding hydrogens is 341 g/mol. The number of ether oxygens (including phenoxy) is 1. The fraction of sp³-hybridized carbons (Fsp3) is 0.562. The number of halogens is 3. The Labute approximate surface area is 143 Å². The summed E-state index contributed by atoms with van der Waals surface area (Å²) in [5.41, 5.74) is -2.67. The molecule has 25 heavy (non-hydrogen) atoms. The van der Waals surface area contributed by atoms with Crippen LogP contribution in [-0.4, -0.2) is 29.1 Å². The lowest BCUT2D eigenvalue weighted by Gasteiger charge is -2.22. The molecule has 0 aliphatic rings. The summed E-state index contributed by atoms with van der Waals surface area (Å²) in [6, 6.07) is 0.755. The summed E-state index contributed by atoms with van der Waals surface area (Å²) in [6.45, 7) is 4.68. The fourth-order valence-electron chi connectivity index (χ4n) is 2.15. The molecule has 0 radical (unpaired) electrons. The highest BCUT2D eigenvalue weighted by Gasteiger charge is 2.34. The van der Waals surface area contributed by atoms with Gasteiger partial charge in [-0.3, -0.25) is 9.59 Å². The van der Waals surface area contributed by atoms with Gasteiger partial charge in [0.2, 0.25) is 5.91 Å². The molecule has 0 saturated carbocycles. The SMILES string of the molecule is CCOC(=O)[C@H](NC(=O)Cn1cccc(C(F)(F)F)c1=O)[C@H](C)CC. The van der Waals surface area contributed by atoms with Crippen LogP contribution in [0, 0.1) is 5.92 Å². The minimum atomic E-state index is -4.80. The molecule has 1 amide bonds. The van der Waals surface area contributed by atoms with Gasteiger partial charge in [-0.1, -0.05) is 20.3 Å². The van der Waals surface area contributed by atoms with Crippen LogP contribution >= 0.6 is 0 Å². The number of amides is 1. The second-order valence-corrected chi connectivity index (χ2v) is 5.54. The number of alkyl halides is 3. The van der Waals surface area contributed by atoms with E-state index < -0.39 is 41.8 Å². The van der Waals surface area contributed by atoms with Crippen LogP contribution in [0.25, 0.3) is 0 Å². The normalized spacial score (nSPS) is 13.8. The predicted molar refractivity (Wildman–Crippen MR) is 83.7 cm³/mol. The molecule has 2 atom stereocenters. The zero-order valence-electron chi connectivity index (χ0n) is 14.2. The summed E-state index contributed by atoms with van der Waals surface area (Å²) in [4.78, 5) is 35.9. The number of carbonyl (C=O) groups is 2. The third kappa shape index (κ3) is 5.61. The summed E-state index contributed by atoms with van der Waals surface area (Å²) >= 11 is 0. The molecule has 6 nitrogen and oxygen atoms in total. The van der Waals surface area contributed by atoms with E-state index in [9.17, 15) is 27.6 Å². The molecule has 0 spiro atoms. The third-order valence-corrected chi connectivity index (χ3v) is 3.71. The van der Waals surface area contributed by atoms with Gasteiger partial charge in [0.25, 0.3) is 5.56 Å². The number of nitrogens with one attached hydrogen (secondary N) is 1. The van der Waals surface area contributed by atoms with Crippen LogP contribution in [0.1, 0.15) is 32.8 Å². The minimum absolute atomic E-state index is 0.134. The van der Waals surface area contributed by atoms with E-state index in [1.807, 2.05) is 6.92 Å². The zero-order valence-corrected chi connectivity index (χ0v) is 14.2. The number of esters is 1. The van der Waals surface area contributed by atoms with Crippen molar-refractivity contribution in [3.63, 3.8) is 0 Å². The van der Waals surface area contributed by atoms with Gasteiger partial charge in [0.15, 0.2) is 0 Å². The average Bonchev–Trinajstić information content (AvgIpc) is 2.53. The largest absolute Gasteiger partial charge is 0.464 e. The minimum Gasteiger partial charge on any atom is -0.464 e. The van der Waals surface area contributed by atoms with E-state index in [1.165, 1.54) is 0 Å². The molecule has 1 aromatic rings. The average molecular weight is 362 g/mol. The summed E-state index contributed by atoms with van der Waals surface area (Å²) in [5.74, 6) is -1.61. The molecular formula is C16H21F3N2O4. The molecule has 1 heterocycles. The number of aromatic nitrogens is 1. The molecule has 0 bridgehead atoms. The van der Waals surface area contributed by atoms with Crippen LogP contribution < -0.4 is 10.9 Å². The van der Waals surface area contributed by atoms with Crippen molar-refractivity contribution in [1.82, 2.24) is 9.88 Å². The predicted octanol–water partition coefficient (Wildman–Crippen LogP) is 1.96. The first kappa shape index (κ1) is 20.7. The van der Waals surface area contributed by atoms with E-state index in [0.717, 1.165) is 12.3 Å². The highest BCUT2D eigenvalue weighted by Crippen LogP contribution is 2.25. The zero-order chi connectivity index (χ0) is 19.2. The third-order valence-electron chi connectivity index (χ3n) is 3.71. The first-order chi connectivity index (χ1) is 11.6. The lowest BCUT2D eigenvalue weighted by Crippen LogP contribution is -2.47. The van der Waals surface area contributed by atoms with E-state index in [-0.39, 0.29) is 12.5 Å². The Morgan fingerprint density at radius 2 is 1.96 bits per heavy atom. The fourth-order valence-corrected chi connectivity index (χ4v) is 2.15. The number of carbonyl (C=O) groups excluding carboxylic acids is 2. The van der Waals surface area contributed by atoms with Crippen molar-refractivity contribution in [3.8, 4) is 0 Å². The first-order valence-electron chi connectivity index (χ1n) is 7.84. The summed E-state index contributed by atoms with van der Waals surface area (Å²) < 4.78 is 43.8. The van der Waals surface area contributed by atoms with Gasteiger partial charge in [0.05, 0.1) is 6.61 Å². The monoisotopic (exact) mass is 362 g/mol. The van der Waals surface area contributed by atoms with Crippen molar-refractivity contribution >= 4 is 11.9 Å². The van der Waals surface area contributed by atoms with E-state index in [2.05, 4.69) is 5.32 Å². The van der Waals surface area contributed by atoms with Crippen molar-refractivity contribution in [2.45, 2.75) is 46.0 Å². The van der Waals surface area contributed by atoms with Crippen LogP contribution in [0.4, 0.5) is 13.2 Å². The number of hydrogen-bond donors (Lipinski definition) is 1. The molecule has 0 aliphatic heterocycles. The van der Waals surface area contributed by atoms with Crippen LogP contribution in [0.5, 0.6) is 0 Å². The standard InChI is InChI=1S/C16H21F3N2O4/c1-4-10(3)13(15(24)25-5-2)20-12(22)9-21-8-6-7-11(14(21)23)16(17,18)19/h6-8,10,13H,4-5,9H2,1-3H3,(H,20,22)/t10-,13-/m1/s1. The van der Waals surface area contributed by atoms with Crippen LogP contribution in [-0.2, 0) is 27.0 Å². The van der Waals surface area contributed by atoms with Crippen molar-refractivity contribution < 1.29 is 27.5 Å². The molecule has 140 valence electrons. The second-order valence-electron chi connectivity index (χ2n) is 5.54. The topological polar surface area (TPSA) is 77.4 Å². The molecule has 9 heteroatoms. The molecule has 1 aromatic heterocycles. The van der Waals surface area contributed by atoms with E-state index in [1.54, 1.807) is 13.8 Å². The molecule has 0 aliphatic carbocycles. The van der Waals surface area contributed by atoms with Crippen LogP contribution in [0.3, 0.4) is 0 Å². The maximum absolute atomic E-state index is 12.7. The van der Waals surface area contributed by atoms with Gasteiger partial charge in [-0.05, 0) is 25.0 Å². The van der Waals surface area contributed by atoms with Gasteiger partial charge >= 0.3 is 12.1 Å². The highest BCUT2D eigenvalue weighted by molar-refractivity contribution is 5.84. The van der Waals surface area contributed by atoms with Crippen LogP contribution in [0.15, 0.2) is 23.1 Å². The Kier molecular flexibility index (Phi) is 7.20. The lowest BCUT2D eigenvalue weighted by molar-refractivity contribution is -0.149. The van der Waals surface area contributed by atoms with Gasteiger partial charge in [-0.15, -0.1) is 0 Å². The molecule has 0 aromatic carbocycles. The lowest BCUT2D eigenvalue weighted by atomic mass is 9.99. The Morgan fingerprint density at radius 1 is 1.32 bits per heavy atom. The number of rotatable bonds is 7. The quantitative estimate of drug-likeness (QED) is 0.753. The second kappa shape index (κ2) is 8.68. The van der Waals surface area contributed by atoms with Gasteiger partial charge in [0, 0.05) is 6.20 Å². The van der Waals surface area contributed by atoms with E-state index >= 15 is 0 Å². The summed E-state index contributed by atoms with van der Waals surface area (Å²) in [7, 11) is 0. The maximum atomic E-state index is 12.7. The molecule has 0 saturated heterocycles. The Morgan fingerprint density at radius 3 is 2.48 bits per heavy atom. The van der Waals surface area contributed by atoms with Crippen molar-refractivity contribution in [1.29, 1.82) is 0 Å². The number of hydrogen-bond acceptors (Lipinski definition) is 4.